The van der Waals surface area contributed by atoms with E-state index in [2.05, 4.69) is 0 Å². The Kier molecular flexibility index (Phi) is 5.47. The lowest BCUT2D eigenvalue weighted by Gasteiger charge is -2.32. The first kappa shape index (κ1) is 19.0. The van der Waals surface area contributed by atoms with Crippen molar-refractivity contribution in [2.24, 2.45) is 0 Å². The topological polar surface area (TPSA) is 55.8 Å². The largest absolute Gasteiger partial charge is 0.505 e. The van der Waals surface area contributed by atoms with Crippen LogP contribution in [0.1, 0.15) is 40.2 Å². The Labute approximate surface area is 146 Å². The van der Waals surface area contributed by atoms with Gasteiger partial charge in [0.2, 0.25) is 0 Å². The molecule has 130 valence electrons. The van der Waals surface area contributed by atoms with Crippen molar-refractivity contribution >= 4 is 30.1 Å². The third-order valence-electron chi connectivity index (χ3n) is 4.32. The fourth-order valence-corrected chi connectivity index (χ4v) is 2.78. The van der Waals surface area contributed by atoms with Crippen LogP contribution in [0.2, 0.25) is 0 Å². The minimum atomic E-state index is -0.678. The second kappa shape index (κ2) is 6.90. The lowest BCUT2D eigenvalue weighted by atomic mass is 9.78. The molecular weight excluding hydrogens is 330 g/mol. The first-order chi connectivity index (χ1) is 11.0. The van der Waals surface area contributed by atoms with Gasteiger partial charge in [-0.25, -0.2) is 4.39 Å². The van der Waals surface area contributed by atoms with Crippen LogP contribution >= 0.6 is 11.8 Å². The third-order valence-corrected chi connectivity index (χ3v) is 5.20. The molecule has 1 aliphatic rings. The number of phenols is 1. The highest BCUT2D eigenvalue weighted by Gasteiger charge is 2.52. The zero-order valence-corrected chi connectivity index (χ0v) is 15.4. The molecule has 0 spiro atoms. The Balaban J connectivity index is 2.33. The van der Waals surface area contributed by atoms with E-state index >= 15 is 0 Å². The van der Waals surface area contributed by atoms with Crippen LogP contribution in [-0.2, 0) is 14.1 Å². The molecule has 4 nitrogen and oxygen atoms in total. The van der Waals surface area contributed by atoms with Gasteiger partial charge in [-0.15, -0.1) is 0 Å². The van der Waals surface area contributed by atoms with Crippen LogP contribution in [0.25, 0.3) is 6.08 Å². The van der Waals surface area contributed by atoms with Crippen molar-refractivity contribution in [3.8, 4) is 5.75 Å². The molecule has 0 unspecified atom stereocenters. The van der Waals surface area contributed by atoms with Gasteiger partial charge in [0.25, 0.3) is 0 Å². The standard InChI is InChI=1S/C17H22BFO4S/c1-11(20)24-10-13(8-12-6-7-14(19)15(21)9-12)18-22-16(2,3)17(4,5)23-18/h6-9,21H,10H2,1-5H3. The van der Waals surface area contributed by atoms with Crippen molar-refractivity contribution in [3.05, 3.63) is 35.1 Å². The number of hydrogen-bond donors (Lipinski definition) is 1. The van der Waals surface area contributed by atoms with E-state index in [9.17, 15) is 14.3 Å². The van der Waals surface area contributed by atoms with Gasteiger partial charge in [0.1, 0.15) is 0 Å². The van der Waals surface area contributed by atoms with E-state index in [1.165, 1.54) is 19.1 Å². The molecule has 1 heterocycles. The Morgan fingerprint density at radius 1 is 1.29 bits per heavy atom. The maximum Gasteiger partial charge on any atom is 0.491 e. The molecule has 0 aromatic heterocycles. The molecule has 1 saturated heterocycles. The highest BCUT2D eigenvalue weighted by atomic mass is 32.2. The smallest absolute Gasteiger partial charge is 0.491 e. The van der Waals surface area contributed by atoms with Gasteiger partial charge in [0.15, 0.2) is 16.7 Å². The molecule has 1 aliphatic heterocycles. The molecule has 1 aromatic carbocycles. The summed E-state index contributed by atoms with van der Waals surface area (Å²) < 4.78 is 25.3. The van der Waals surface area contributed by atoms with E-state index < -0.39 is 29.9 Å². The number of carbonyl (C=O) groups is 1. The molecule has 2 rings (SSSR count). The van der Waals surface area contributed by atoms with Crippen LogP contribution in [0.4, 0.5) is 4.39 Å². The number of rotatable bonds is 4. The maximum absolute atomic E-state index is 13.2. The number of phenolic OH excluding ortho intramolecular Hbond substituents is 1. The van der Waals surface area contributed by atoms with Crippen molar-refractivity contribution in [1.82, 2.24) is 0 Å². The van der Waals surface area contributed by atoms with E-state index in [1.807, 2.05) is 27.7 Å². The van der Waals surface area contributed by atoms with Crippen molar-refractivity contribution in [2.45, 2.75) is 45.8 Å². The molecule has 1 fully saturated rings. The van der Waals surface area contributed by atoms with Crippen LogP contribution in [0, 0.1) is 5.82 Å². The second-order valence-electron chi connectivity index (χ2n) is 6.80. The van der Waals surface area contributed by atoms with Crippen molar-refractivity contribution in [3.63, 3.8) is 0 Å². The van der Waals surface area contributed by atoms with Gasteiger partial charge in [0, 0.05) is 12.7 Å². The Hall–Kier alpha value is -1.31. The van der Waals surface area contributed by atoms with E-state index in [0.29, 0.717) is 11.3 Å². The van der Waals surface area contributed by atoms with Crippen molar-refractivity contribution in [2.75, 3.05) is 5.75 Å². The van der Waals surface area contributed by atoms with Crippen LogP contribution < -0.4 is 0 Å². The monoisotopic (exact) mass is 352 g/mol. The molecule has 7 heteroatoms. The number of aromatic hydroxyl groups is 1. The molecule has 0 atom stereocenters. The maximum atomic E-state index is 13.2. The van der Waals surface area contributed by atoms with E-state index in [1.54, 1.807) is 12.1 Å². The molecular formula is C17H22BFO4S. The summed E-state index contributed by atoms with van der Waals surface area (Å²) >= 11 is 1.15. The van der Waals surface area contributed by atoms with Gasteiger partial charge in [0.05, 0.1) is 11.2 Å². The summed E-state index contributed by atoms with van der Waals surface area (Å²) in [6.45, 7) is 9.30. The summed E-state index contributed by atoms with van der Waals surface area (Å²) in [6.07, 6.45) is 1.76. The predicted molar refractivity (Wildman–Crippen MR) is 95.3 cm³/mol. The lowest BCUT2D eigenvalue weighted by Crippen LogP contribution is -2.41. The molecule has 24 heavy (non-hydrogen) atoms. The van der Waals surface area contributed by atoms with Gasteiger partial charge in [-0.05, 0) is 50.9 Å². The predicted octanol–water partition coefficient (Wildman–Crippen LogP) is 3.83. The molecule has 0 aliphatic carbocycles. The Morgan fingerprint density at radius 3 is 2.38 bits per heavy atom. The van der Waals surface area contributed by atoms with Gasteiger partial charge < -0.3 is 14.4 Å². The Bertz CT molecular complexity index is 657. The summed E-state index contributed by atoms with van der Waals surface area (Å²) in [5.41, 5.74) is 0.369. The molecule has 0 bridgehead atoms. The zero-order chi connectivity index (χ0) is 18.1. The Morgan fingerprint density at radius 2 is 1.88 bits per heavy atom. The number of carbonyl (C=O) groups excluding carboxylic acids is 1. The average molecular weight is 352 g/mol. The quantitative estimate of drug-likeness (QED) is 0.835. The van der Waals surface area contributed by atoms with Crippen molar-refractivity contribution < 1.29 is 23.6 Å². The minimum absolute atomic E-state index is 0.0145. The van der Waals surface area contributed by atoms with Gasteiger partial charge >= 0.3 is 7.12 Å². The lowest BCUT2D eigenvalue weighted by molar-refractivity contribution is -0.109. The normalized spacial score (nSPS) is 19.6. The molecule has 0 saturated carbocycles. The first-order valence-corrected chi connectivity index (χ1v) is 8.68. The van der Waals surface area contributed by atoms with Crippen LogP contribution in [0.3, 0.4) is 0 Å². The van der Waals surface area contributed by atoms with Gasteiger partial charge in [-0.1, -0.05) is 23.9 Å². The molecule has 1 N–H and O–H groups in total. The molecule has 0 radical (unpaired) electrons. The number of hydrogen-bond acceptors (Lipinski definition) is 5. The number of benzene rings is 1. The molecule has 0 amide bonds. The minimum Gasteiger partial charge on any atom is -0.505 e. The van der Waals surface area contributed by atoms with Gasteiger partial charge in [-0.3, -0.25) is 4.79 Å². The van der Waals surface area contributed by atoms with Crippen molar-refractivity contribution in [1.29, 1.82) is 0 Å². The van der Waals surface area contributed by atoms with E-state index in [0.717, 1.165) is 17.2 Å². The SMILES string of the molecule is CC(=O)SCC(=Cc1ccc(F)c(O)c1)B1OC(C)(C)C(C)(C)O1. The second-order valence-corrected chi connectivity index (χ2v) is 7.95. The summed E-state index contributed by atoms with van der Waals surface area (Å²) in [4.78, 5) is 11.3. The zero-order valence-electron chi connectivity index (χ0n) is 14.6. The summed E-state index contributed by atoms with van der Waals surface area (Å²) in [6, 6.07) is 4.08. The fourth-order valence-electron chi connectivity index (χ4n) is 2.19. The van der Waals surface area contributed by atoms with E-state index in [4.69, 9.17) is 9.31 Å². The van der Waals surface area contributed by atoms with Gasteiger partial charge in [-0.2, -0.15) is 0 Å². The third kappa shape index (κ3) is 4.20. The number of halogens is 1. The van der Waals surface area contributed by atoms with Crippen LogP contribution in [0.5, 0.6) is 5.75 Å². The fraction of sp³-hybridized carbons (Fsp3) is 0.471. The number of thioether (sulfide) groups is 1. The summed E-state index contributed by atoms with van der Waals surface area (Å²) in [5.74, 6) is -0.705. The van der Waals surface area contributed by atoms with E-state index in [-0.39, 0.29) is 5.12 Å². The summed E-state index contributed by atoms with van der Waals surface area (Å²) in [7, 11) is -0.603. The molecule has 1 aromatic rings. The highest BCUT2D eigenvalue weighted by molar-refractivity contribution is 8.13. The first-order valence-electron chi connectivity index (χ1n) is 7.70. The van der Waals surface area contributed by atoms with Crippen LogP contribution in [-0.4, -0.2) is 34.3 Å². The van der Waals surface area contributed by atoms with Crippen LogP contribution in [0.15, 0.2) is 23.7 Å². The summed E-state index contributed by atoms with van der Waals surface area (Å²) in [5, 5.41) is 9.52. The highest BCUT2D eigenvalue weighted by Crippen LogP contribution is 2.39. The average Bonchev–Trinajstić information content (AvgIpc) is 2.67.